The van der Waals surface area contributed by atoms with E-state index in [1.54, 1.807) is 0 Å². The second-order valence-electron chi connectivity index (χ2n) is 6.77. The van der Waals surface area contributed by atoms with Crippen LogP contribution < -0.4 is 9.62 Å². The minimum Gasteiger partial charge on any atom is -0.387 e. The lowest BCUT2D eigenvalue weighted by molar-refractivity contribution is -0.114. The third kappa shape index (κ3) is 3.73. The number of rotatable bonds is 6. The molecule has 1 N–H and O–H groups in total. The van der Waals surface area contributed by atoms with Gasteiger partial charge in [0, 0.05) is 19.5 Å². The Morgan fingerprint density at radius 2 is 1.89 bits per heavy atom. The molecule has 0 fully saturated rings. The monoisotopic (exact) mass is 399 g/mol. The van der Waals surface area contributed by atoms with E-state index in [9.17, 15) is 13.2 Å². The first-order valence-corrected chi connectivity index (χ1v) is 10.8. The SMILES string of the molecule is O=C(NCCS(=O)(=O)N1CCc2ccccc21)C1=NO[C@@H](c2ccccc2)C1. The van der Waals surface area contributed by atoms with Crippen molar-refractivity contribution >= 4 is 27.3 Å². The van der Waals surface area contributed by atoms with E-state index < -0.39 is 15.9 Å². The van der Waals surface area contributed by atoms with E-state index in [0.717, 1.165) is 16.8 Å². The van der Waals surface area contributed by atoms with E-state index in [0.29, 0.717) is 19.4 Å². The Bertz CT molecular complexity index is 1010. The van der Waals surface area contributed by atoms with Crippen LogP contribution in [0.25, 0.3) is 0 Å². The fraction of sp³-hybridized carbons (Fsp3) is 0.300. The van der Waals surface area contributed by atoms with Crippen LogP contribution in [0, 0.1) is 0 Å². The molecule has 7 nitrogen and oxygen atoms in total. The van der Waals surface area contributed by atoms with Crippen LogP contribution in [-0.2, 0) is 26.1 Å². The molecule has 0 bridgehead atoms. The predicted octanol–water partition coefficient (Wildman–Crippen LogP) is 2.01. The number of amides is 1. The van der Waals surface area contributed by atoms with Crippen LogP contribution >= 0.6 is 0 Å². The summed E-state index contributed by atoms with van der Waals surface area (Å²) in [4.78, 5) is 17.6. The van der Waals surface area contributed by atoms with Crippen molar-refractivity contribution < 1.29 is 18.0 Å². The maximum atomic E-state index is 12.7. The average molecular weight is 399 g/mol. The summed E-state index contributed by atoms with van der Waals surface area (Å²) in [5.74, 6) is -0.556. The number of oxime groups is 1. The number of sulfonamides is 1. The summed E-state index contributed by atoms with van der Waals surface area (Å²) in [5, 5.41) is 6.51. The van der Waals surface area contributed by atoms with Gasteiger partial charge in [0.05, 0.1) is 11.4 Å². The molecule has 0 saturated heterocycles. The average Bonchev–Trinajstić information content (AvgIpc) is 3.36. The van der Waals surface area contributed by atoms with Crippen molar-refractivity contribution in [3.63, 3.8) is 0 Å². The topological polar surface area (TPSA) is 88.1 Å². The molecule has 0 spiro atoms. The largest absolute Gasteiger partial charge is 0.387 e. The zero-order valence-corrected chi connectivity index (χ0v) is 16.1. The number of nitrogens with one attached hydrogen (secondary N) is 1. The number of para-hydroxylation sites is 1. The summed E-state index contributed by atoms with van der Waals surface area (Å²) in [5.41, 5.74) is 2.98. The van der Waals surface area contributed by atoms with Crippen LogP contribution in [0.2, 0.25) is 0 Å². The van der Waals surface area contributed by atoms with Crippen molar-refractivity contribution in [3.05, 3.63) is 65.7 Å². The Morgan fingerprint density at radius 1 is 1.14 bits per heavy atom. The molecule has 2 aromatic rings. The molecule has 2 aromatic carbocycles. The smallest absolute Gasteiger partial charge is 0.269 e. The molecular formula is C20H21N3O4S. The number of nitrogens with zero attached hydrogens (tertiary/aromatic N) is 2. The minimum atomic E-state index is -3.50. The maximum absolute atomic E-state index is 12.7. The van der Waals surface area contributed by atoms with Crippen LogP contribution in [0.5, 0.6) is 0 Å². The highest BCUT2D eigenvalue weighted by atomic mass is 32.2. The molecule has 2 heterocycles. The van der Waals surface area contributed by atoms with Crippen LogP contribution in [0.3, 0.4) is 0 Å². The van der Waals surface area contributed by atoms with Gasteiger partial charge < -0.3 is 10.2 Å². The molecule has 8 heteroatoms. The number of carbonyl (C=O) groups is 1. The number of hydrogen-bond acceptors (Lipinski definition) is 5. The molecule has 146 valence electrons. The molecular weight excluding hydrogens is 378 g/mol. The van der Waals surface area contributed by atoms with Crippen molar-refractivity contribution in [3.8, 4) is 0 Å². The quantitative estimate of drug-likeness (QED) is 0.805. The molecule has 0 unspecified atom stereocenters. The summed E-state index contributed by atoms with van der Waals surface area (Å²) in [7, 11) is -3.50. The molecule has 0 aliphatic carbocycles. The molecule has 1 atom stereocenters. The third-order valence-electron chi connectivity index (χ3n) is 4.93. The van der Waals surface area contributed by atoms with Crippen molar-refractivity contribution in [2.24, 2.45) is 5.16 Å². The van der Waals surface area contributed by atoms with Gasteiger partial charge in [-0.25, -0.2) is 8.42 Å². The number of hydrogen-bond donors (Lipinski definition) is 1. The van der Waals surface area contributed by atoms with Gasteiger partial charge in [0.15, 0.2) is 6.10 Å². The molecule has 2 aliphatic heterocycles. The summed E-state index contributed by atoms with van der Waals surface area (Å²) in [6, 6.07) is 17.0. The number of benzene rings is 2. The normalized spacial score (nSPS) is 18.4. The zero-order valence-electron chi connectivity index (χ0n) is 15.2. The Morgan fingerprint density at radius 3 is 2.71 bits per heavy atom. The second kappa shape index (κ2) is 7.63. The van der Waals surface area contributed by atoms with Crippen LogP contribution in [0.15, 0.2) is 59.8 Å². The Hall–Kier alpha value is -2.87. The fourth-order valence-electron chi connectivity index (χ4n) is 3.46. The van der Waals surface area contributed by atoms with Gasteiger partial charge in [-0.1, -0.05) is 53.7 Å². The molecule has 1 amide bonds. The summed E-state index contributed by atoms with van der Waals surface area (Å²) >= 11 is 0. The van der Waals surface area contributed by atoms with Gasteiger partial charge in [0.25, 0.3) is 5.91 Å². The Balaban J connectivity index is 1.30. The highest BCUT2D eigenvalue weighted by molar-refractivity contribution is 7.92. The first kappa shape index (κ1) is 18.5. The van der Waals surface area contributed by atoms with Gasteiger partial charge >= 0.3 is 0 Å². The van der Waals surface area contributed by atoms with Gasteiger partial charge in [-0.05, 0) is 23.6 Å². The number of fused-ring (bicyclic) bond motifs is 1. The second-order valence-corrected chi connectivity index (χ2v) is 8.78. The fourth-order valence-corrected chi connectivity index (χ4v) is 4.89. The first-order valence-electron chi connectivity index (χ1n) is 9.19. The highest BCUT2D eigenvalue weighted by Crippen LogP contribution is 2.30. The lowest BCUT2D eigenvalue weighted by Crippen LogP contribution is -2.38. The van der Waals surface area contributed by atoms with Gasteiger partial charge in [-0.15, -0.1) is 0 Å². The van der Waals surface area contributed by atoms with E-state index in [4.69, 9.17) is 4.84 Å². The summed E-state index contributed by atoms with van der Waals surface area (Å²) < 4.78 is 26.7. The third-order valence-corrected chi connectivity index (χ3v) is 6.70. The van der Waals surface area contributed by atoms with Crippen LogP contribution in [0.1, 0.15) is 23.7 Å². The number of anilines is 1. The van der Waals surface area contributed by atoms with E-state index in [1.165, 1.54) is 4.31 Å². The van der Waals surface area contributed by atoms with Gasteiger partial charge in [-0.2, -0.15) is 0 Å². The van der Waals surface area contributed by atoms with E-state index in [1.807, 2.05) is 54.6 Å². The molecule has 4 rings (SSSR count). The van der Waals surface area contributed by atoms with Crippen molar-refractivity contribution in [2.45, 2.75) is 18.9 Å². The standard InChI is InChI=1S/C20H21N3O4S/c24-20(17-14-19(27-22-17)16-7-2-1-3-8-16)21-11-13-28(25,26)23-12-10-15-6-4-5-9-18(15)23/h1-9,19H,10-14H2,(H,21,24)/t19-/m1/s1. The van der Waals surface area contributed by atoms with Crippen molar-refractivity contribution in [1.29, 1.82) is 0 Å². The highest BCUT2D eigenvalue weighted by Gasteiger charge is 2.30. The summed E-state index contributed by atoms with van der Waals surface area (Å²) in [6.07, 6.45) is 0.783. The first-order chi connectivity index (χ1) is 13.5. The van der Waals surface area contributed by atoms with Gasteiger partial charge in [0.2, 0.25) is 10.0 Å². The van der Waals surface area contributed by atoms with Crippen LogP contribution in [0.4, 0.5) is 5.69 Å². The number of carbonyl (C=O) groups excluding carboxylic acids is 1. The minimum absolute atomic E-state index is 0.0227. The van der Waals surface area contributed by atoms with Crippen molar-refractivity contribution in [2.75, 3.05) is 23.1 Å². The van der Waals surface area contributed by atoms with Crippen molar-refractivity contribution in [1.82, 2.24) is 5.32 Å². The predicted molar refractivity (Wildman–Crippen MR) is 107 cm³/mol. The Labute approximate surface area is 164 Å². The summed E-state index contributed by atoms with van der Waals surface area (Å²) in [6.45, 7) is 0.462. The molecule has 28 heavy (non-hydrogen) atoms. The lowest BCUT2D eigenvalue weighted by Gasteiger charge is -2.19. The van der Waals surface area contributed by atoms with Gasteiger partial charge in [-0.3, -0.25) is 9.10 Å². The van der Waals surface area contributed by atoms with E-state index in [2.05, 4.69) is 10.5 Å². The van der Waals surface area contributed by atoms with E-state index >= 15 is 0 Å². The Kier molecular flexibility index (Phi) is 5.04. The molecule has 0 aromatic heterocycles. The lowest BCUT2D eigenvalue weighted by atomic mass is 10.0. The zero-order chi connectivity index (χ0) is 19.6. The molecule has 0 saturated carbocycles. The molecule has 2 aliphatic rings. The van der Waals surface area contributed by atoms with E-state index in [-0.39, 0.29) is 24.1 Å². The van der Waals surface area contributed by atoms with Gasteiger partial charge in [0.1, 0.15) is 5.71 Å². The maximum Gasteiger partial charge on any atom is 0.269 e. The molecule has 0 radical (unpaired) electrons. The van der Waals surface area contributed by atoms with Crippen LogP contribution in [-0.4, -0.2) is 38.9 Å².